The first-order valence-electron chi connectivity index (χ1n) is 5.45. The summed E-state index contributed by atoms with van der Waals surface area (Å²) < 4.78 is 5.33. The fourth-order valence-electron chi connectivity index (χ4n) is 1.68. The second kappa shape index (κ2) is 4.97. The topological polar surface area (TPSA) is 42.4 Å². The van der Waals surface area contributed by atoms with Crippen LogP contribution in [0.15, 0.2) is 36.5 Å². The predicted octanol–water partition coefficient (Wildman–Crippen LogP) is 2.56. The molecule has 0 atom stereocenters. The number of hydrogen-bond acceptors (Lipinski definition) is 3. The molecule has 3 nitrogen and oxygen atoms in total. The Kier molecular flexibility index (Phi) is 3.40. The van der Waals surface area contributed by atoms with Crippen LogP contribution in [0.4, 0.5) is 0 Å². The summed E-state index contributed by atoms with van der Waals surface area (Å²) in [6, 6.07) is 9.60. The van der Waals surface area contributed by atoms with Crippen LogP contribution in [0, 0.1) is 6.92 Å². The zero-order valence-electron chi connectivity index (χ0n) is 9.97. The Labute approximate surface area is 101 Å². The van der Waals surface area contributed by atoms with Gasteiger partial charge in [-0.3, -0.25) is 4.98 Å². The Morgan fingerprint density at radius 3 is 2.53 bits per heavy atom. The number of aliphatic hydroxyl groups excluding tert-OH is 1. The molecule has 0 saturated heterocycles. The van der Waals surface area contributed by atoms with E-state index in [2.05, 4.69) is 4.98 Å². The fourth-order valence-corrected chi connectivity index (χ4v) is 1.68. The maximum Gasteiger partial charge on any atom is 0.145 e. The lowest BCUT2D eigenvalue weighted by molar-refractivity contribution is 0.282. The molecule has 0 radical (unpaired) electrons. The van der Waals surface area contributed by atoms with Gasteiger partial charge in [0.05, 0.1) is 13.7 Å². The molecule has 0 saturated carbocycles. The van der Waals surface area contributed by atoms with Crippen LogP contribution in [0.1, 0.15) is 11.1 Å². The standard InChI is InChI=1S/C14H15NO2/c1-10-7-13(17-2)14(15-8-10)12-5-3-11(9-16)4-6-12/h3-8,16H,9H2,1-2H3. The van der Waals surface area contributed by atoms with Crippen LogP contribution < -0.4 is 4.74 Å². The molecule has 0 unspecified atom stereocenters. The van der Waals surface area contributed by atoms with E-state index >= 15 is 0 Å². The Morgan fingerprint density at radius 1 is 1.24 bits per heavy atom. The summed E-state index contributed by atoms with van der Waals surface area (Å²) >= 11 is 0. The van der Waals surface area contributed by atoms with Crippen LogP contribution in [0.5, 0.6) is 5.75 Å². The molecule has 1 N–H and O–H groups in total. The van der Waals surface area contributed by atoms with Gasteiger partial charge in [0.1, 0.15) is 11.4 Å². The van der Waals surface area contributed by atoms with Crippen molar-refractivity contribution in [3.8, 4) is 17.0 Å². The molecule has 2 aromatic rings. The lowest BCUT2D eigenvalue weighted by atomic mass is 10.1. The van der Waals surface area contributed by atoms with E-state index in [4.69, 9.17) is 9.84 Å². The lowest BCUT2D eigenvalue weighted by Crippen LogP contribution is -1.92. The van der Waals surface area contributed by atoms with Gasteiger partial charge < -0.3 is 9.84 Å². The molecule has 0 bridgehead atoms. The first-order chi connectivity index (χ1) is 8.24. The third kappa shape index (κ3) is 2.45. The highest BCUT2D eigenvalue weighted by Gasteiger charge is 2.07. The highest BCUT2D eigenvalue weighted by atomic mass is 16.5. The van der Waals surface area contributed by atoms with Crippen molar-refractivity contribution in [3.63, 3.8) is 0 Å². The molecule has 1 aromatic carbocycles. The molecule has 0 amide bonds. The van der Waals surface area contributed by atoms with E-state index in [1.807, 2.05) is 43.5 Å². The van der Waals surface area contributed by atoms with E-state index in [1.165, 1.54) is 0 Å². The molecule has 88 valence electrons. The highest BCUT2D eigenvalue weighted by Crippen LogP contribution is 2.28. The Balaban J connectivity index is 2.44. The van der Waals surface area contributed by atoms with Crippen molar-refractivity contribution in [3.05, 3.63) is 47.7 Å². The molecule has 0 fully saturated rings. The first-order valence-corrected chi connectivity index (χ1v) is 5.45. The maximum absolute atomic E-state index is 9.00. The van der Waals surface area contributed by atoms with Crippen molar-refractivity contribution in [1.29, 1.82) is 0 Å². The van der Waals surface area contributed by atoms with Crippen molar-refractivity contribution in [1.82, 2.24) is 4.98 Å². The largest absolute Gasteiger partial charge is 0.494 e. The number of aryl methyl sites for hydroxylation is 1. The molecular weight excluding hydrogens is 214 g/mol. The number of nitrogens with zero attached hydrogens (tertiary/aromatic N) is 1. The van der Waals surface area contributed by atoms with Crippen LogP contribution in [0.25, 0.3) is 11.3 Å². The van der Waals surface area contributed by atoms with Gasteiger partial charge >= 0.3 is 0 Å². The smallest absolute Gasteiger partial charge is 0.145 e. The Morgan fingerprint density at radius 2 is 1.94 bits per heavy atom. The third-order valence-corrected chi connectivity index (χ3v) is 2.62. The number of pyridine rings is 1. The van der Waals surface area contributed by atoms with Gasteiger partial charge in [0.25, 0.3) is 0 Å². The summed E-state index contributed by atoms with van der Waals surface area (Å²) in [4.78, 5) is 4.39. The second-order valence-corrected chi connectivity index (χ2v) is 3.92. The van der Waals surface area contributed by atoms with Gasteiger partial charge in [0, 0.05) is 11.8 Å². The van der Waals surface area contributed by atoms with Crippen LogP contribution >= 0.6 is 0 Å². The van der Waals surface area contributed by atoms with E-state index in [0.29, 0.717) is 0 Å². The van der Waals surface area contributed by atoms with Crippen molar-refractivity contribution in [2.45, 2.75) is 13.5 Å². The summed E-state index contributed by atoms with van der Waals surface area (Å²) in [5, 5.41) is 9.00. The van der Waals surface area contributed by atoms with Gasteiger partial charge in [-0.05, 0) is 24.1 Å². The SMILES string of the molecule is COc1cc(C)cnc1-c1ccc(CO)cc1. The van der Waals surface area contributed by atoms with Crippen molar-refractivity contribution >= 4 is 0 Å². The van der Waals surface area contributed by atoms with E-state index in [0.717, 1.165) is 28.1 Å². The average molecular weight is 229 g/mol. The van der Waals surface area contributed by atoms with Gasteiger partial charge in [0.2, 0.25) is 0 Å². The van der Waals surface area contributed by atoms with Crippen LogP contribution in [0.3, 0.4) is 0 Å². The zero-order chi connectivity index (χ0) is 12.3. The lowest BCUT2D eigenvalue weighted by Gasteiger charge is -2.08. The minimum Gasteiger partial charge on any atom is -0.494 e. The number of benzene rings is 1. The number of rotatable bonds is 3. The van der Waals surface area contributed by atoms with Gasteiger partial charge in [-0.25, -0.2) is 0 Å². The summed E-state index contributed by atoms with van der Waals surface area (Å²) in [5.41, 5.74) is 3.76. The summed E-state index contributed by atoms with van der Waals surface area (Å²) in [6.45, 7) is 2.03. The normalized spacial score (nSPS) is 10.3. The maximum atomic E-state index is 9.00. The monoisotopic (exact) mass is 229 g/mol. The number of methoxy groups -OCH3 is 1. The molecule has 3 heteroatoms. The molecule has 0 aliphatic heterocycles. The average Bonchev–Trinajstić information content (AvgIpc) is 2.39. The van der Waals surface area contributed by atoms with E-state index < -0.39 is 0 Å². The molecule has 17 heavy (non-hydrogen) atoms. The van der Waals surface area contributed by atoms with Crippen molar-refractivity contribution in [2.75, 3.05) is 7.11 Å². The predicted molar refractivity (Wildman–Crippen MR) is 66.9 cm³/mol. The molecule has 1 aromatic heterocycles. The number of aromatic nitrogens is 1. The molecule has 0 spiro atoms. The first kappa shape index (κ1) is 11.6. The van der Waals surface area contributed by atoms with Gasteiger partial charge in [-0.15, -0.1) is 0 Å². The second-order valence-electron chi connectivity index (χ2n) is 3.92. The fraction of sp³-hybridized carbons (Fsp3) is 0.214. The summed E-state index contributed by atoms with van der Waals surface area (Å²) in [5.74, 6) is 0.766. The van der Waals surface area contributed by atoms with Crippen LogP contribution in [0.2, 0.25) is 0 Å². The van der Waals surface area contributed by atoms with E-state index in [9.17, 15) is 0 Å². The number of hydrogen-bond donors (Lipinski definition) is 1. The molecule has 0 aliphatic carbocycles. The Bertz CT molecular complexity index is 506. The molecule has 1 heterocycles. The molecule has 2 rings (SSSR count). The van der Waals surface area contributed by atoms with Crippen LogP contribution in [-0.4, -0.2) is 17.2 Å². The van der Waals surface area contributed by atoms with Gasteiger partial charge in [-0.2, -0.15) is 0 Å². The molecular formula is C14H15NO2. The van der Waals surface area contributed by atoms with Gasteiger partial charge in [-0.1, -0.05) is 24.3 Å². The Hall–Kier alpha value is -1.87. The number of ether oxygens (including phenoxy) is 1. The zero-order valence-corrected chi connectivity index (χ0v) is 9.97. The van der Waals surface area contributed by atoms with Crippen molar-refractivity contribution in [2.24, 2.45) is 0 Å². The van der Waals surface area contributed by atoms with Gasteiger partial charge in [0.15, 0.2) is 0 Å². The highest BCUT2D eigenvalue weighted by molar-refractivity contribution is 5.66. The van der Waals surface area contributed by atoms with Crippen LogP contribution in [-0.2, 0) is 6.61 Å². The van der Waals surface area contributed by atoms with E-state index in [1.54, 1.807) is 7.11 Å². The minimum absolute atomic E-state index is 0.0543. The summed E-state index contributed by atoms with van der Waals surface area (Å²) in [7, 11) is 1.64. The van der Waals surface area contributed by atoms with Crippen molar-refractivity contribution < 1.29 is 9.84 Å². The minimum atomic E-state index is 0.0543. The third-order valence-electron chi connectivity index (χ3n) is 2.62. The summed E-state index contributed by atoms with van der Waals surface area (Å²) in [6.07, 6.45) is 1.82. The quantitative estimate of drug-likeness (QED) is 0.879. The van der Waals surface area contributed by atoms with E-state index in [-0.39, 0.29) is 6.61 Å². The molecule has 0 aliphatic rings. The number of aliphatic hydroxyl groups is 1.